The van der Waals surface area contributed by atoms with Crippen molar-refractivity contribution in [2.75, 3.05) is 151 Å². The number of anilines is 8. The van der Waals surface area contributed by atoms with Crippen LogP contribution >= 0.6 is 0 Å². The molecule has 12 aromatic rings. The SMILES string of the molecule is C=CC(=O)N1C2CCC1CN(c1nc(OC(C)CC)nc3c1CCN(c1cc(O)cc4ccccc14)C3)C2.C=CC(=O)N1CC2CCC(C1)N2c1nc(OC(C)CC)nc2c1CCN(c1cc(O)cc3ccccc13)C2.C=CC(=O)N1CCN(c2nc(OCCC)nc3c2CC(C)N(c2cc(O)cc4ccccc24)C3)CC1.C=CC(=O)N1CCN(c2nc(OCCC)nc3c2CCN(c2cc(O)cc4ccccc24)C3C)CC1. The first-order valence-corrected chi connectivity index (χ1v) is 52.7. The van der Waals surface area contributed by atoms with Crippen molar-refractivity contribution >= 4 is 113 Å². The van der Waals surface area contributed by atoms with Crippen LogP contribution in [0.2, 0.25) is 0 Å². The Kier molecular flexibility index (Phi) is 30.6. The van der Waals surface area contributed by atoms with Crippen LogP contribution in [-0.4, -0.2) is 257 Å². The van der Waals surface area contributed by atoms with Crippen molar-refractivity contribution in [2.45, 2.75) is 201 Å². The van der Waals surface area contributed by atoms with Crippen molar-refractivity contribution in [1.82, 2.24) is 59.5 Å². The molecule has 4 amide bonds. The van der Waals surface area contributed by atoms with Gasteiger partial charge in [0, 0.05) is 219 Å². The summed E-state index contributed by atoms with van der Waals surface area (Å²) in [5.74, 6) is 4.71. The highest BCUT2D eigenvalue weighted by Crippen LogP contribution is 2.48. The minimum Gasteiger partial charge on any atom is -0.508 e. The van der Waals surface area contributed by atoms with Gasteiger partial charge in [-0.05, 0) is 175 Å². The van der Waals surface area contributed by atoms with Crippen LogP contribution in [0.5, 0.6) is 47.0 Å². The predicted octanol–water partition coefficient (Wildman–Crippen LogP) is 16.9. The van der Waals surface area contributed by atoms with E-state index in [1.807, 2.05) is 137 Å². The summed E-state index contributed by atoms with van der Waals surface area (Å²) in [4.78, 5) is 114. The first-order valence-electron chi connectivity index (χ1n) is 52.7. The molecular weight excluding hydrogens is 1870 g/mol. The van der Waals surface area contributed by atoms with Crippen LogP contribution in [0, 0.1) is 0 Å². The highest BCUT2D eigenvalue weighted by molar-refractivity contribution is 6.00. The lowest BCUT2D eigenvalue weighted by Crippen LogP contribution is -2.56. The fourth-order valence-electron chi connectivity index (χ4n) is 22.9. The third-order valence-electron chi connectivity index (χ3n) is 30.7. The Morgan fingerprint density at radius 3 is 1.20 bits per heavy atom. The number of carbonyl (C=O) groups is 4. The summed E-state index contributed by atoms with van der Waals surface area (Å²) < 4.78 is 24.2. The van der Waals surface area contributed by atoms with Crippen LogP contribution in [0.4, 0.5) is 46.0 Å². The molecule has 0 radical (unpaired) electrons. The second-order valence-corrected chi connectivity index (χ2v) is 40.2. The summed E-state index contributed by atoms with van der Waals surface area (Å²) >= 11 is 0. The number of phenols is 4. The predicted molar refractivity (Wildman–Crippen MR) is 581 cm³/mol. The molecule has 4 aromatic heterocycles. The van der Waals surface area contributed by atoms with Gasteiger partial charge in [0.25, 0.3) is 0 Å². The number of piperazine rings is 4. The Labute approximate surface area is 865 Å². The van der Waals surface area contributed by atoms with Crippen molar-refractivity contribution in [2.24, 2.45) is 0 Å². The van der Waals surface area contributed by atoms with Gasteiger partial charge in [-0.25, -0.2) is 0 Å². The molecule has 6 fully saturated rings. The molecule has 32 heteroatoms. The lowest BCUT2D eigenvalue weighted by molar-refractivity contribution is -0.129. The monoisotopic (exact) mass is 2000 g/mol. The van der Waals surface area contributed by atoms with E-state index < -0.39 is 0 Å². The van der Waals surface area contributed by atoms with Crippen LogP contribution in [-0.2, 0) is 64.5 Å². The van der Waals surface area contributed by atoms with E-state index in [1.54, 1.807) is 18.2 Å². The maximum absolute atomic E-state index is 12.5. The van der Waals surface area contributed by atoms with Gasteiger partial charge >= 0.3 is 24.0 Å². The number of rotatable bonds is 24. The molecule has 4 bridgehead atoms. The molecule has 32 nitrogen and oxygen atoms in total. The number of nitrogens with zero attached hydrogens (tertiary/aromatic N) is 20. The summed E-state index contributed by atoms with van der Waals surface area (Å²) in [5.41, 5.74) is 12.4. The van der Waals surface area contributed by atoms with Gasteiger partial charge in [0.05, 0.1) is 73.9 Å². The largest absolute Gasteiger partial charge is 0.508 e. The maximum Gasteiger partial charge on any atom is 0.318 e. The number of aromatic hydroxyl groups is 4. The third kappa shape index (κ3) is 21.3. The number of hydrogen-bond acceptors (Lipinski definition) is 28. The molecule has 0 spiro atoms. The van der Waals surface area contributed by atoms with E-state index in [0.717, 1.165) is 238 Å². The summed E-state index contributed by atoms with van der Waals surface area (Å²) in [6.07, 6.45) is 16.3. The second-order valence-electron chi connectivity index (χ2n) is 40.2. The molecule has 0 aliphatic carbocycles. The smallest absolute Gasteiger partial charge is 0.318 e. The molecule has 14 heterocycles. The van der Waals surface area contributed by atoms with Gasteiger partial charge in [0.1, 0.15) is 46.3 Å². The molecule has 4 N–H and O–H groups in total. The van der Waals surface area contributed by atoms with Gasteiger partial charge in [-0.15, -0.1) is 0 Å². The molecule has 6 saturated heterocycles. The van der Waals surface area contributed by atoms with Gasteiger partial charge in [-0.3, -0.25) is 19.2 Å². The summed E-state index contributed by atoms with van der Waals surface area (Å²) in [5, 5.41) is 50.3. The normalized spacial score (nSPS) is 19.6. The first-order chi connectivity index (χ1) is 71.9. The third-order valence-corrected chi connectivity index (χ3v) is 30.7. The molecule has 8 atom stereocenters. The Hall–Kier alpha value is -15.2. The minimum atomic E-state index is -0.0340. The number of likely N-dealkylation sites (tertiary alicyclic amines) is 1. The average Bonchev–Trinajstić information content (AvgIpc) is 1.35. The summed E-state index contributed by atoms with van der Waals surface area (Å²) in [7, 11) is 0. The van der Waals surface area contributed by atoms with E-state index in [0.29, 0.717) is 122 Å². The molecule has 8 unspecified atom stereocenters. The first kappa shape index (κ1) is 101. The Morgan fingerprint density at radius 2 is 0.750 bits per heavy atom. The number of amides is 4. The minimum absolute atomic E-state index is 0.000964. The van der Waals surface area contributed by atoms with Gasteiger partial charge in [-0.2, -0.15) is 39.9 Å². The van der Waals surface area contributed by atoms with Crippen LogP contribution < -0.4 is 58.1 Å². The van der Waals surface area contributed by atoms with Gasteiger partial charge < -0.3 is 98.2 Å². The van der Waals surface area contributed by atoms with Gasteiger partial charge in [0.15, 0.2) is 0 Å². The second kappa shape index (κ2) is 44.6. The number of benzene rings is 8. The topological polar surface area (TPSA) is 328 Å². The van der Waals surface area contributed by atoms with Crippen LogP contribution in [0.25, 0.3) is 43.1 Å². The highest BCUT2D eigenvalue weighted by Gasteiger charge is 2.47. The molecule has 10 aliphatic rings. The Bertz CT molecular complexity index is 6880. The van der Waals surface area contributed by atoms with Crippen molar-refractivity contribution in [3.8, 4) is 47.0 Å². The van der Waals surface area contributed by atoms with E-state index in [-0.39, 0.29) is 95.1 Å². The molecule has 22 rings (SSSR count). The molecule has 10 aliphatic heterocycles. The van der Waals surface area contributed by atoms with Crippen molar-refractivity contribution < 1.29 is 58.6 Å². The quantitative estimate of drug-likeness (QED) is 0.0408. The number of aromatic nitrogens is 8. The lowest BCUT2D eigenvalue weighted by Gasteiger charge is -2.43. The Morgan fingerprint density at radius 1 is 0.378 bits per heavy atom. The van der Waals surface area contributed by atoms with E-state index in [1.165, 1.54) is 29.9 Å². The molecule has 772 valence electrons. The molecule has 148 heavy (non-hydrogen) atoms. The molecular formula is C116H136N20O12. The maximum atomic E-state index is 12.5. The highest BCUT2D eigenvalue weighted by atomic mass is 16.5. The zero-order valence-electron chi connectivity index (χ0n) is 86.2. The number of ether oxygens (including phenoxy) is 4. The van der Waals surface area contributed by atoms with Gasteiger partial charge in [0.2, 0.25) is 23.6 Å². The number of phenolic OH excluding ortho intramolecular Hbond substituents is 4. The number of fused-ring (bicyclic) bond motifs is 12. The molecule has 0 saturated carbocycles. The van der Waals surface area contributed by atoms with Crippen LogP contribution in [0.3, 0.4) is 0 Å². The van der Waals surface area contributed by atoms with E-state index in [4.69, 9.17) is 58.8 Å². The average molecular weight is 2000 g/mol. The summed E-state index contributed by atoms with van der Waals surface area (Å²) in [6, 6.07) is 49.7. The number of hydrogen-bond donors (Lipinski definition) is 4. The standard InChI is InChI=1S/2C30H35N5O3.2C28H33N5O3/c1-4-19(3)38-30-31-26-18-33(27-15-23(36)14-20-8-6-7-9-24(20)27)13-12-25(26)29(32-30)34-16-21-10-11-22(17-34)35(21)28(37)5-2;1-4-19(3)38-30-31-26-18-33(27-15-23(36)14-20-8-6-7-9-24(20)27)13-12-25(26)29(32-30)35-21-10-11-22(35)17-34(16-21)28(37)5-2;1-4-14-36-28-29-24-18-33(25-17-21(34)16-20-8-6-7-9-22(20)25)19(3)15-23(24)27(30-28)32-12-10-31(11-13-32)26(35)5-2;1-4-16-36-28-29-26-19(3)33(24-18-21(34)17-20-8-6-7-9-22(20)24)11-10-23(26)27(30-28)32-14-12-31(13-15-32)25(35)5-2/h2*5-9,14-15,19,21-22,36H,2,4,10-13,16-18H2,1,3H3;5-9,16-17,19,34H,2,4,10-15,18H2,1,3H3;5-9,17-19,34H,2,4,10-16H2,1,3H3. The fraction of sp³-hybridized carbons (Fsp3) is 0.414. The lowest BCUT2D eigenvalue weighted by atomic mass is 9.96. The molecule has 8 aromatic carbocycles. The van der Waals surface area contributed by atoms with Crippen molar-refractivity contribution in [3.63, 3.8) is 0 Å². The van der Waals surface area contributed by atoms with E-state index in [9.17, 15) is 39.6 Å². The van der Waals surface area contributed by atoms with Crippen LogP contribution in [0.15, 0.2) is 196 Å². The zero-order chi connectivity index (χ0) is 103. The van der Waals surface area contributed by atoms with E-state index in [2.05, 4.69) is 131 Å². The van der Waals surface area contributed by atoms with Crippen molar-refractivity contribution in [3.05, 3.63) is 241 Å². The Balaban J connectivity index is 0.000000124. The van der Waals surface area contributed by atoms with E-state index >= 15 is 0 Å². The fourth-order valence-corrected chi connectivity index (χ4v) is 22.9. The zero-order valence-corrected chi connectivity index (χ0v) is 86.2. The summed E-state index contributed by atoms with van der Waals surface area (Å²) in [6.45, 7) is 44.8. The number of carbonyl (C=O) groups excluding carboxylic acids is 4. The van der Waals surface area contributed by atoms with Gasteiger partial charge in [-0.1, -0.05) is 151 Å². The van der Waals surface area contributed by atoms with Crippen LogP contribution in [0.1, 0.15) is 158 Å². The van der Waals surface area contributed by atoms with Crippen molar-refractivity contribution in [1.29, 1.82) is 0 Å².